The highest BCUT2D eigenvalue weighted by molar-refractivity contribution is 6.03. The number of alkyl halides is 4. The van der Waals surface area contributed by atoms with Gasteiger partial charge >= 0.3 is 0 Å². The molecule has 11 heteroatoms. The largest absolute Gasteiger partial charge is 0.347 e. The maximum absolute atomic E-state index is 13.7. The summed E-state index contributed by atoms with van der Waals surface area (Å²) in [5.41, 5.74) is 6.84. The second kappa shape index (κ2) is 15.5. The Morgan fingerprint density at radius 2 is 1.16 bits per heavy atom. The number of rotatable bonds is 10. The molecule has 7 rings (SSSR count). The van der Waals surface area contributed by atoms with Gasteiger partial charge in [0, 0.05) is 55.9 Å². The lowest BCUT2D eigenvalue weighted by atomic mass is 9.80. The Morgan fingerprint density at radius 3 is 1.63 bits per heavy atom. The van der Waals surface area contributed by atoms with Crippen molar-refractivity contribution in [3.05, 3.63) is 83.4 Å². The summed E-state index contributed by atoms with van der Waals surface area (Å²) >= 11 is 0. The number of hydrogen-bond acceptors (Lipinski definition) is 4. The second-order valence-corrected chi connectivity index (χ2v) is 19.2. The zero-order chi connectivity index (χ0) is 40.9. The van der Waals surface area contributed by atoms with Crippen LogP contribution in [-0.2, 0) is 9.59 Å². The average Bonchev–Trinajstić information content (AvgIpc) is 3.53. The number of amides is 2. The quantitative estimate of drug-likeness (QED) is 0.178. The summed E-state index contributed by atoms with van der Waals surface area (Å²) < 4.78 is 54.9. The van der Waals surface area contributed by atoms with Crippen molar-refractivity contribution in [1.29, 1.82) is 0 Å². The number of halogens is 4. The molecule has 0 saturated heterocycles. The van der Waals surface area contributed by atoms with Crippen LogP contribution in [0.25, 0.3) is 16.8 Å². The van der Waals surface area contributed by atoms with Crippen molar-refractivity contribution in [3.63, 3.8) is 0 Å². The Morgan fingerprint density at radius 1 is 0.702 bits per heavy atom. The third-order valence-electron chi connectivity index (χ3n) is 12.6. The molecule has 57 heavy (non-hydrogen) atoms. The van der Waals surface area contributed by atoms with Crippen LogP contribution in [0.15, 0.2) is 65.9 Å². The van der Waals surface area contributed by atoms with E-state index < -0.39 is 29.7 Å². The number of nitrogens with one attached hydrogen (secondary N) is 3. The van der Waals surface area contributed by atoms with Gasteiger partial charge in [0.25, 0.3) is 0 Å². The van der Waals surface area contributed by atoms with E-state index in [2.05, 4.69) is 89.9 Å². The molecule has 4 atom stereocenters. The Bertz CT molecular complexity index is 1980. The van der Waals surface area contributed by atoms with Gasteiger partial charge in [0.1, 0.15) is 5.82 Å². The van der Waals surface area contributed by atoms with Gasteiger partial charge in [-0.2, -0.15) is 0 Å². The minimum atomic E-state index is -2.68. The van der Waals surface area contributed by atoms with Crippen LogP contribution >= 0.6 is 0 Å². The van der Waals surface area contributed by atoms with E-state index in [1.54, 1.807) is 6.20 Å². The molecular formula is C46H57F4N5O2. The number of aromatic nitrogens is 2. The Labute approximate surface area is 334 Å². The van der Waals surface area contributed by atoms with Gasteiger partial charge in [0.2, 0.25) is 23.7 Å². The number of nitrogens with zero attached hydrogens (tertiary/aromatic N) is 2. The molecule has 1 aromatic heterocycles. The smallest absolute Gasteiger partial charge is 0.248 e. The van der Waals surface area contributed by atoms with Gasteiger partial charge in [0.15, 0.2) is 0 Å². The van der Waals surface area contributed by atoms with Gasteiger partial charge in [-0.15, -0.1) is 0 Å². The fraction of sp³-hybridized carbons (Fsp3) is 0.565. The molecule has 0 radical (unpaired) electrons. The summed E-state index contributed by atoms with van der Waals surface area (Å²) in [6.45, 7) is 12.3. The molecule has 2 aromatic carbocycles. The second-order valence-electron chi connectivity index (χ2n) is 19.2. The molecular weight excluding hydrogens is 731 g/mol. The standard InChI is InChI=1S/C46H57F4N5O2/c1-43(2,3)38(54-41(56)31-15-19-45(47,48)20-16-31)36-23-33(25-51-36)27-7-9-28(10-8-27)34-24-35(34)29-11-13-30(14-12-29)37-26-52-40(53-37)39(44(4,5)6)55-42(57)32-17-21-46(49,50)22-18-32/h7-14,25-26,31-32,34-35,38-39H,15-24H2,1-6H3,(H,52,53)(H,54,56)(H,55,57)/t34-,35-,38+,39+/m0/s1. The molecule has 2 amide bonds. The summed E-state index contributed by atoms with van der Waals surface area (Å²) in [5.74, 6) is -5.01. The molecule has 0 spiro atoms. The van der Waals surface area contributed by atoms with E-state index in [9.17, 15) is 27.2 Å². The Kier molecular flexibility index (Phi) is 11.1. The van der Waals surface area contributed by atoms with Crippen LogP contribution in [0.4, 0.5) is 17.6 Å². The van der Waals surface area contributed by atoms with Crippen LogP contribution < -0.4 is 10.6 Å². The fourth-order valence-electron chi connectivity index (χ4n) is 8.84. The maximum Gasteiger partial charge on any atom is 0.248 e. The number of carbonyl (C=O) groups is 2. The summed E-state index contributed by atoms with van der Waals surface area (Å²) in [5, 5.41) is 6.30. The lowest BCUT2D eigenvalue weighted by molar-refractivity contribution is -0.131. The predicted molar refractivity (Wildman–Crippen MR) is 216 cm³/mol. The fourth-order valence-corrected chi connectivity index (χ4v) is 8.84. The van der Waals surface area contributed by atoms with Crippen molar-refractivity contribution in [2.75, 3.05) is 0 Å². The topological polar surface area (TPSA) is 99.2 Å². The number of aromatic amines is 1. The summed E-state index contributed by atoms with van der Waals surface area (Å²) in [4.78, 5) is 39.2. The van der Waals surface area contributed by atoms with Crippen molar-refractivity contribution in [2.45, 2.75) is 142 Å². The maximum atomic E-state index is 13.7. The monoisotopic (exact) mass is 787 g/mol. The molecule has 1 aliphatic heterocycles. The predicted octanol–water partition coefficient (Wildman–Crippen LogP) is 10.9. The normalized spacial score (nSPS) is 23.6. The first-order valence-electron chi connectivity index (χ1n) is 20.6. The lowest BCUT2D eigenvalue weighted by Crippen LogP contribution is -2.51. The average molecular weight is 788 g/mol. The van der Waals surface area contributed by atoms with E-state index in [1.807, 2.05) is 27.0 Å². The lowest BCUT2D eigenvalue weighted by Gasteiger charge is -2.34. The molecule has 4 aliphatic rings. The van der Waals surface area contributed by atoms with Crippen LogP contribution in [-0.4, -0.2) is 45.4 Å². The van der Waals surface area contributed by atoms with E-state index in [4.69, 9.17) is 4.99 Å². The van der Waals surface area contributed by atoms with Gasteiger partial charge in [-0.1, -0.05) is 90.1 Å². The number of allylic oxidation sites excluding steroid dienone is 1. The summed E-state index contributed by atoms with van der Waals surface area (Å²) in [7, 11) is 0. The molecule has 0 unspecified atom stereocenters. The van der Waals surface area contributed by atoms with Crippen LogP contribution in [0.2, 0.25) is 0 Å². The van der Waals surface area contributed by atoms with Crippen LogP contribution in [0, 0.1) is 22.7 Å². The van der Waals surface area contributed by atoms with Crippen molar-refractivity contribution < 1.29 is 27.2 Å². The SMILES string of the molecule is CC(C)(C)[C@H](NC(=O)C1CCC(F)(F)CC1)C1=NC=C(c2ccc([C@@H]3C[C@H]3c3ccc(-c4cnc([C@@H](NC(=O)C5CCC(F)(F)CC5)C(C)(C)C)[nH]4)cc3)cc2)C1. The third kappa shape index (κ3) is 9.55. The number of H-pyrrole nitrogens is 1. The minimum Gasteiger partial charge on any atom is -0.347 e. The Hall–Kier alpha value is -4.28. The highest BCUT2D eigenvalue weighted by Gasteiger charge is 2.42. The van der Waals surface area contributed by atoms with Crippen molar-refractivity contribution in [1.82, 2.24) is 20.6 Å². The first kappa shape index (κ1) is 40.9. The van der Waals surface area contributed by atoms with Crippen LogP contribution in [0.3, 0.4) is 0 Å². The molecule has 3 fully saturated rings. The van der Waals surface area contributed by atoms with E-state index in [1.165, 1.54) is 11.1 Å². The first-order chi connectivity index (χ1) is 26.8. The molecule has 3 aromatic rings. The molecule has 3 saturated carbocycles. The Balaban J connectivity index is 0.934. The molecule has 3 N–H and O–H groups in total. The molecule has 306 valence electrons. The summed E-state index contributed by atoms with van der Waals surface area (Å²) in [6.07, 6.45) is 5.17. The van der Waals surface area contributed by atoms with Gasteiger partial charge in [-0.05, 0) is 82.6 Å². The van der Waals surface area contributed by atoms with Crippen LogP contribution in [0.1, 0.15) is 146 Å². The molecule has 0 bridgehead atoms. The van der Waals surface area contributed by atoms with Crippen molar-refractivity contribution >= 4 is 23.1 Å². The third-order valence-corrected chi connectivity index (χ3v) is 12.6. The molecule has 2 heterocycles. The van der Waals surface area contributed by atoms with E-state index in [0.717, 1.165) is 34.5 Å². The number of carbonyl (C=O) groups excluding carboxylic acids is 2. The first-order valence-corrected chi connectivity index (χ1v) is 20.6. The number of aliphatic imine (C=N–C) groups is 1. The highest BCUT2D eigenvalue weighted by Crippen LogP contribution is 2.55. The van der Waals surface area contributed by atoms with Gasteiger partial charge in [-0.3, -0.25) is 14.6 Å². The summed E-state index contributed by atoms with van der Waals surface area (Å²) in [6, 6.07) is 16.6. The molecule has 3 aliphatic carbocycles. The zero-order valence-electron chi connectivity index (χ0n) is 34.0. The van der Waals surface area contributed by atoms with Gasteiger partial charge < -0.3 is 15.6 Å². The minimum absolute atomic E-state index is 0.155. The van der Waals surface area contributed by atoms with E-state index in [-0.39, 0.29) is 80.1 Å². The van der Waals surface area contributed by atoms with Crippen molar-refractivity contribution in [2.24, 2.45) is 27.7 Å². The van der Waals surface area contributed by atoms with Crippen LogP contribution in [0.5, 0.6) is 0 Å². The van der Waals surface area contributed by atoms with Gasteiger partial charge in [-0.25, -0.2) is 22.5 Å². The molecule has 7 nitrogen and oxygen atoms in total. The number of benzene rings is 2. The number of hydrogen-bond donors (Lipinski definition) is 3. The van der Waals surface area contributed by atoms with Crippen molar-refractivity contribution in [3.8, 4) is 11.3 Å². The van der Waals surface area contributed by atoms with E-state index >= 15 is 0 Å². The van der Waals surface area contributed by atoms with Gasteiger partial charge in [0.05, 0.1) is 24.0 Å². The highest BCUT2D eigenvalue weighted by atomic mass is 19.3. The number of imidazole rings is 1. The van der Waals surface area contributed by atoms with E-state index in [0.29, 0.717) is 24.1 Å². The zero-order valence-corrected chi connectivity index (χ0v) is 34.0.